The monoisotopic (exact) mass is 448 g/mol. The summed E-state index contributed by atoms with van der Waals surface area (Å²) in [5.41, 5.74) is 0. The molecule has 0 heterocycles. The van der Waals surface area contributed by atoms with Crippen LogP contribution in [0.4, 0.5) is 0 Å². The molecule has 0 saturated heterocycles. The van der Waals surface area contributed by atoms with Crippen LogP contribution in [0, 0.1) is 5.92 Å². The van der Waals surface area contributed by atoms with Gasteiger partial charge in [0.25, 0.3) is 0 Å². The Bertz CT molecular complexity index is 400. The highest BCUT2D eigenvalue weighted by Gasteiger charge is 2.13. The molecule has 0 spiro atoms. The lowest BCUT2D eigenvalue weighted by molar-refractivity contribution is 0.464. The zero-order valence-electron chi connectivity index (χ0n) is 14.6. The molecule has 6 nitrogen and oxygen atoms in total. The van der Waals surface area contributed by atoms with Gasteiger partial charge in [0.1, 0.15) is 0 Å². The van der Waals surface area contributed by atoms with Gasteiger partial charge >= 0.3 is 0 Å². The van der Waals surface area contributed by atoms with Gasteiger partial charge in [-0.2, -0.15) is 0 Å². The Hall–Kier alpha value is -0.0900. The second-order valence-electron chi connectivity index (χ2n) is 5.45. The van der Waals surface area contributed by atoms with Gasteiger partial charge in [-0.1, -0.05) is 13.8 Å². The Labute approximate surface area is 153 Å². The highest BCUT2D eigenvalue weighted by molar-refractivity contribution is 14.0. The van der Waals surface area contributed by atoms with E-state index in [0.29, 0.717) is 19.0 Å². The zero-order valence-corrected chi connectivity index (χ0v) is 17.7. The van der Waals surface area contributed by atoms with Crippen LogP contribution in [0.25, 0.3) is 0 Å². The number of halogens is 1. The topological polar surface area (TPSA) is 73.8 Å². The van der Waals surface area contributed by atoms with E-state index in [1.165, 1.54) is 4.31 Å². The van der Waals surface area contributed by atoms with Gasteiger partial charge in [0, 0.05) is 33.2 Å². The smallest absolute Gasteiger partial charge is 0.213 e. The maximum Gasteiger partial charge on any atom is 0.213 e. The van der Waals surface area contributed by atoms with Crippen molar-refractivity contribution in [3.8, 4) is 0 Å². The van der Waals surface area contributed by atoms with Crippen molar-refractivity contribution in [2.75, 3.05) is 39.0 Å². The normalized spacial score (nSPS) is 12.4. The molecule has 2 N–H and O–H groups in total. The van der Waals surface area contributed by atoms with Crippen molar-refractivity contribution in [1.29, 1.82) is 0 Å². The lowest BCUT2D eigenvalue weighted by Gasteiger charge is -2.15. The summed E-state index contributed by atoms with van der Waals surface area (Å²) >= 11 is 0. The van der Waals surface area contributed by atoms with Crippen molar-refractivity contribution < 1.29 is 8.42 Å². The van der Waals surface area contributed by atoms with Crippen LogP contribution in [-0.2, 0) is 10.0 Å². The summed E-state index contributed by atoms with van der Waals surface area (Å²) in [5.74, 6) is 1.61. The van der Waals surface area contributed by atoms with Crippen LogP contribution in [0.5, 0.6) is 0 Å². The van der Waals surface area contributed by atoms with E-state index in [1.54, 1.807) is 14.0 Å². The summed E-state index contributed by atoms with van der Waals surface area (Å²) < 4.78 is 24.6. The highest BCUT2D eigenvalue weighted by atomic mass is 127. The molecule has 0 bridgehead atoms. The van der Waals surface area contributed by atoms with E-state index in [1.807, 2.05) is 6.92 Å². The molecule has 134 valence electrons. The predicted molar refractivity (Wildman–Crippen MR) is 106 cm³/mol. The van der Waals surface area contributed by atoms with Crippen molar-refractivity contribution in [2.24, 2.45) is 10.9 Å². The summed E-state index contributed by atoms with van der Waals surface area (Å²) in [4.78, 5) is 4.46. The van der Waals surface area contributed by atoms with Gasteiger partial charge in [-0.15, -0.1) is 24.0 Å². The van der Waals surface area contributed by atoms with Crippen molar-refractivity contribution in [1.82, 2.24) is 14.9 Å². The molecular weight excluding hydrogens is 415 g/mol. The molecule has 0 aliphatic rings. The first-order valence-corrected chi connectivity index (χ1v) is 9.40. The van der Waals surface area contributed by atoms with Gasteiger partial charge in [-0.05, 0) is 32.6 Å². The quantitative estimate of drug-likeness (QED) is 0.232. The Morgan fingerprint density at radius 3 is 2.36 bits per heavy atom. The minimum atomic E-state index is -3.08. The van der Waals surface area contributed by atoms with Crippen molar-refractivity contribution in [2.45, 2.75) is 40.5 Å². The van der Waals surface area contributed by atoms with Crippen LogP contribution in [-0.4, -0.2) is 57.7 Å². The average Bonchev–Trinajstić information content (AvgIpc) is 2.42. The molecule has 22 heavy (non-hydrogen) atoms. The third-order valence-electron chi connectivity index (χ3n) is 3.10. The molecule has 0 fully saturated rings. The molecule has 0 aromatic rings. The van der Waals surface area contributed by atoms with Crippen molar-refractivity contribution in [3.63, 3.8) is 0 Å². The standard InChI is InChI=1S/C14H32N4O2S.HI/c1-6-15-14(17-11-9-13(3)4)16-10-8-12-18(5)21(19,20)7-2;/h13H,6-12H2,1-5H3,(H2,15,16,17);1H. The molecule has 8 heteroatoms. The van der Waals surface area contributed by atoms with Crippen LogP contribution in [0.15, 0.2) is 4.99 Å². The fourth-order valence-corrected chi connectivity index (χ4v) is 2.51. The molecule has 0 atom stereocenters. The molecule has 0 saturated carbocycles. The summed E-state index contributed by atoms with van der Waals surface area (Å²) in [6.07, 6.45) is 1.82. The Morgan fingerprint density at radius 2 is 1.86 bits per heavy atom. The van der Waals surface area contributed by atoms with E-state index in [4.69, 9.17) is 0 Å². The largest absolute Gasteiger partial charge is 0.357 e. The third kappa shape index (κ3) is 11.5. The predicted octanol–water partition coefficient (Wildman–Crippen LogP) is 1.88. The van der Waals surface area contributed by atoms with Gasteiger partial charge in [0.2, 0.25) is 10.0 Å². The van der Waals surface area contributed by atoms with Crippen LogP contribution in [0.3, 0.4) is 0 Å². The molecule has 0 rings (SSSR count). The molecule has 0 radical (unpaired) electrons. The minimum absolute atomic E-state index is 0. The van der Waals surface area contributed by atoms with Gasteiger partial charge in [-0.25, -0.2) is 12.7 Å². The number of aliphatic imine (C=N–C) groups is 1. The Kier molecular flexibility index (Phi) is 14.7. The fraction of sp³-hybridized carbons (Fsp3) is 0.929. The molecule has 0 aromatic heterocycles. The zero-order chi connectivity index (χ0) is 16.3. The first-order chi connectivity index (χ1) is 9.83. The fourth-order valence-electron chi connectivity index (χ4n) is 1.66. The highest BCUT2D eigenvalue weighted by Crippen LogP contribution is 1.99. The first kappa shape index (κ1) is 24.2. The van der Waals surface area contributed by atoms with Gasteiger partial charge < -0.3 is 10.6 Å². The van der Waals surface area contributed by atoms with E-state index in [0.717, 1.165) is 31.9 Å². The first-order valence-electron chi connectivity index (χ1n) is 7.79. The van der Waals surface area contributed by atoms with Gasteiger partial charge in [-0.3, -0.25) is 4.99 Å². The summed E-state index contributed by atoms with van der Waals surface area (Å²) in [7, 11) is -1.46. The summed E-state index contributed by atoms with van der Waals surface area (Å²) in [6, 6.07) is 0. The van der Waals surface area contributed by atoms with Crippen LogP contribution >= 0.6 is 24.0 Å². The number of hydrogen-bond acceptors (Lipinski definition) is 3. The molecule has 0 amide bonds. The molecule has 0 aliphatic carbocycles. The molecule has 0 unspecified atom stereocenters. The third-order valence-corrected chi connectivity index (χ3v) is 4.96. The lowest BCUT2D eigenvalue weighted by atomic mass is 10.1. The van der Waals surface area contributed by atoms with Gasteiger partial charge in [0.05, 0.1) is 5.75 Å². The average molecular weight is 448 g/mol. The van der Waals surface area contributed by atoms with Gasteiger partial charge in [0.15, 0.2) is 5.96 Å². The second-order valence-corrected chi connectivity index (χ2v) is 7.81. The number of hydrogen-bond donors (Lipinski definition) is 2. The SMILES string of the molecule is CCNC(=NCCCN(C)S(=O)(=O)CC)NCCC(C)C.I. The van der Waals surface area contributed by atoms with E-state index in [-0.39, 0.29) is 29.7 Å². The number of guanidine groups is 1. The van der Waals surface area contributed by atoms with Crippen molar-refractivity contribution >= 4 is 40.0 Å². The number of sulfonamides is 1. The van der Waals surface area contributed by atoms with E-state index in [9.17, 15) is 8.42 Å². The second kappa shape index (κ2) is 13.4. The summed E-state index contributed by atoms with van der Waals surface area (Å²) in [5, 5.41) is 6.48. The molecule has 0 aromatic carbocycles. The Balaban J connectivity index is 0. The van der Waals surface area contributed by atoms with E-state index in [2.05, 4.69) is 29.5 Å². The number of rotatable bonds is 10. The van der Waals surface area contributed by atoms with E-state index < -0.39 is 10.0 Å². The van der Waals surface area contributed by atoms with Crippen LogP contribution in [0.2, 0.25) is 0 Å². The summed E-state index contributed by atoms with van der Waals surface area (Å²) in [6.45, 7) is 10.9. The van der Waals surface area contributed by atoms with Crippen molar-refractivity contribution in [3.05, 3.63) is 0 Å². The number of nitrogens with zero attached hydrogens (tertiary/aromatic N) is 2. The van der Waals surface area contributed by atoms with Crippen LogP contribution in [0.1, 0.15) is 40.5 Å². The Morgan fingerprint density at radius 1 is 1.23 bits per heavy atom. The van der Waals surface area contributed by atoms with Crippen LogP contribution < -0.4 is 10.6 Å². The van der Waals surface area contributed by atoms with E-state index >= 15 is 0 Å². The maximum absolute atomic E-state index is 11.6. The molecular formula is C14H33IN4O2S. The number of nitrogens with one attached hydrogen (secondary N) is 2. The minimum Gasteiger partial charge on any atom is -0.357 e. The lowest BCUT2D eigenvalue weighted by Crippen LogP contribution is -2.38. The molecule has 0 aliphatic heterocycles. The maximum atomic E-state index is 11.6.